The Kier molecular flexibility index (Phi) is 6.65. The van der Waals surface area contributed by atoms with Crippen molar-refractivity contribution in [2.75, 3.05) is 0 Å². The monoisotopic (exact) mass is 499 g/mol. The fourth-order valence-electron chi connectivity index (χ4n) is 2.50. The molecule has 0 aromatic heterocycles. The third kappa shape index (κ3) is 6.04. The Bertz CT molecular complexity index is 919. The maximum Gasteiger partial charge on any atom is 0.416 e. The normalized spacial score (nSPS) is 14.2. The molecule has 0 heterocycles. The Balaban J connectivity index is 2.28. The molecule has 2 aromatic carbocycles. The number of benzene rings is 2. The van der Waals surface area contributed by atoms with E-state index >= 15 is 4.39 Å². The molecule has 0 radical (unpaired) electrons. The molecule has 0 aliphatic rings. The van der Waals surface area contributed by atoms with Crippen LogP contribution in [0, 0.1) is 0 Å². The summed E-state index contributed by atoms with van der Waals surface area (Å²) in [6.07, 6.45) is -11.5. The molecule has 2 amide bonds. The van der Waals surface area contributed by atoms with Gasteiger partial charge in [0.2, 0.25) is 5.91 Å². The summed E-state index contributed by atoms with van der Waals surface area (Å²) in [5.74, 6) is -2.11. The highest BCUT2D eigenvalue weighted by Gasteiger charge is 2.40. The first-order chi connectivity index (χ1) is 13.6. The second-order valence-corrected chi connectivity index (χ2v) is 7.47. The summed E-state index contributed by atoms with van der Waals surface area (Å²) in [6, 6.07) is 5.97. The van der Waals surface area contributed by atoms with Crippen LogP contribution in [-0.4, -0.2) is 11.8 Å². The zero-order chi connectivity index (χ0) is 22.9. The average molecular weight is 500 g/mol. The van der Waals surface area contributed by atoms with E-state index < -0.39 is 52.9 Å². The second-order valence-electron chi connectivity index (χ2n) is 6.55. The SMILES string of the molecule is CC(F)(CC(=O)NC(=O)c1ccc(Br)cc1)c1cc(C(F)(F)F)cc(C(F)(F)F)c1. The molecule has 2 aromatic rings. The molecule has 1 unspecified atom stereocenters. The lowest BCUT2D eigenvalue weighted by Gasteiger charge is -2.23. The number of rotatable bonds is 4. The van der Waals surface area contributed by atoms with Gasteiger partial charge in [0, 0.05) is 10.0 Å². The average Bonchev–Trinajstić information content (AvgIpc) is 2.59. The maximum atomic E-state index is 15.0. The van der Waals surface area contributed by atoms with Crippen molar-refractivity contribution in [3.05, 3.63) is 69.2 Å². The Morgan fingerprint density at radius 2 is 1.27 bits per heavy atom. The van der Waals surface area contributed by atoms with Gasteiger partial charge in [-0.1, -0.05) is 15.9 Å². The van der Waals surface area contributed by atoms with Crippen LogP contribution in [0.2, 0.25) is 0 Å². The molecule has 30 heavy (non-hydrogen) atoms. The molecule has 0 spiro atoms. The van der Waals surface area contributed by atoms with E-state index in [9.17, 15) is 35.9 Å². The minimum absolute atomic E-state index is 0.0468. The van der Waals surface area contributed by atoms with Gasteiger partial charge in [-0.2, -0.15) is 26.3 Å². The van der Waals surface area contributed by atoms with Gasteiger partial charge in [0.15, 0.2) is 0 Å². The van der Waals surface area contributed by atoms with Crippen LogP contribution in [0.4, 0.5) is 30.7 Å². The van der Waals surface area contributed by atoms with Crippen LogP contribution >= 0.6 is 15.9 Å². The Labute approximate surface area is 174 Å². The summed E-state index contributed by atoms with van der Waals surface area (Å²) >= 11 is 3.14. The second kappa shape index (κ2) is 8.37. The van der Waals surface area contributed by atoms with Gasteiger partial charge in [-0.15, -0.1) is 0 Å². The minimum Gasteiger partial charge on any atom is -0.292 e. The highest BCUT2D eigenvalue weighted by atomic mass is 79.9. The molecular weight excluding hydrogens is 487 g/mol. The molecule has 11 heteroatoms. The van der Waals surface area contributed by atoms with Crippen LogP contribution in [0.1, 0.15) is 40.4 Å². The van der Waals surface area contributed by atoms with Crippen molar-refractivity contribution in [1.82, 2.24) is 5.32 Å². The molecule has 162 valence electrons. The molecule has 0 aliphatic heterocycles. The van der Waals surface area contributed by atoms with Gasteiger partial charge in [0.05, 0.1) is 17.5 Å². The number of nitrogens with one attached hydrogen (secondary N) is 1. The molecule has 0 fully saturated rings. The van der Waals surface area contributed by atoms with Gasteiger partial charge < -0.3 is 0 Å². The fraction of sp³-hybridized carbons (Fsp3) is 0.263. The van der Waals surface area contributed by atoms with E-state index in [0.717, 1.165) is 0 Å². The van der Waals surface area contributed by atoms with Gasteiger partial charge in [0.25, 0.3) is 5.91 Å². The van der Waals surface area contributed by atoms with Crippen LogP contribution in [0.25, 0.3) is 0 Å². The number of hydrogen-bond donors (Lipinski definition) is 1. The van der Waals surface area contributed by atoms with E-state index in [0.29, 0.717) is 11.4 Å². The molecule has 1 atom stereocenters. The molecule has 0 saturated heterocycles. The number of carbonyl (C=O) groups is 2. The van der Waals surface area contributed by atoms with E-state index in [1.54, 1.807) is 0 Å². The van der Waals surface area contributed by atoms with Crippen molar-refractivity contribution < 1.29 is 40.3 Å². The summed E-state index contributed by atoms with van der Waals surface area (Å²) in [6.45, 7) is 0.659. The van der Waals surface area contributed by atoms with E-state index in [1.165, 1.54) is 24.3 Å². The largest absolute Gasteiger partial charge is 0.416 e. The van der Waals surface area contributed by atoms with Gasteiger partial charge in [-0.25, -0.2) is 4.39 Å². The molecule has 2 rings (SSSR count). The lowest BCUT2D eigenvalue weighted by atomic mass is 9.90. The van der Waals surface area contributed by atoms with Gasteiger partial charge >= 0.3 is 12.4 Å². The first-order valence-electron chi connectivity index (χ1n) is 8.18. The molecule has 0 bridgehead atoms. The van der Waals surface area contributed by atoms with Crippen LogP contribution < -0.4 is 5.32 Å². The van der Waals surface area contributed by atoms with E-state index in [2.05, 4.69) is 15.9 Å². The molecule has 0 saturated carbocycles. The van der Waals surface area contributed by atoms with Crippen molar-refractivity contribution in [2.24, 2.45) is 0 Å². The molecular formula is C19H13BrF7NO2. The number of alkyl halides is 7. The topological polar surface area (TPSA) is 46.2 Å². The Morgan fingerprint density at radius 3 is 1.70 bits per heavy atom. The smallest absolute Gasteiger partial charge is 0.292 e. The van der Waals surface area contributed by atoms with Crippen molar-refractivity contribution >= 4 is 27.7 Å². The summed E-state index contributed by atoms with van der Waals surface area (Å²) in [5, 5.41) is 1.85. The molecule has 0 aliphatic carbocycles. The summed E-state index contributed by atoms with van der Waals surface area (Å²) < 4.78 is 93.4. The van der Waals surface area contributed by atoms with Crippen molar-refractivity contribution in [3.8, 4) is 0 Å². The first kappa shape index (κ1) is 23.8. The minimum atomic E-state index is -5.16. The summed E-state index contributed by atoms with van der Waals surface area (Å²) in [7, 11) is 0. The number of carbonyl (C=O) groups excluding carboxylic acids is 2. The van der Waals surface area contributed by atoms with E-state index in [4.69, 9.17) is 0 Å². The van der Waals surface area contributed by atoms with Crippen LogP contribution in [0.15, 0.2) is 46.9 Å². The molecule has 3 nitrogen and oxygen atoms in total. The molecule has 1 N–H and O–H groups in total. The van der Waals surface area contributed by atoms with Gasteiger partial charge in [-0.3, -0.25) is 14.9 Å². The summed E-state index contributed by atoms with van der Waals surface area (Å²) in [5.41, 5.74) is -7.27. The highest BCUT2D eigenvalue weighted by molar-refractivity contribution is 9.10. The Hall–Kier alpha value is -2.43. The van der Waals surface area contributed by atoms with E-state index in [-0.39, 0.29) is 23.8 Å². The predicted octanol–water partition coefficient (Wildman–Crippen LogP) is 6.02. The zero-order valence-electron chi connectivity index (χ0n) is 15.1. The quantitative estimate of drug-likeness (QED) is 0.523. The Morgan fingerprint density at radius 1 is 0.833 bits per heavy atom. The first-order valence-corrected chi connectivity index (χ1v) is 8.97. The fourth-order valence-corrected chi connectivity index (χ4v) is 2.77. The predicted molar refractivity (Wildman–Crippen MR) is 96.1 cm³/mol. The van der Waals surface area contributed by atoms with Crippen LogP contribution in [-0.2, 0) is 22.8 Å². The lowest BCUT2D eigenvalue weighted by Crippen LogP contribution is -2.35. The van der Waals surface area contributed by atoms with Crippen LogP contribution in [0.3, 0.4) is 0 Å². The standard InChI is InChI=1S/C19H13BrF7NO2/c1-17(21,9-15(29)28-16(30)10-2-4-14(20)5-3-10)11-6-12(18(22,23)24)8-13(7-11)19(25,26)27/h2-8H,9H2,1H3,(H,28,29,30). The van der Waals surface area contributed by atoms with Crippen molar-refractivity contribution in [3.63, 3.8) is 0 Å². The van der Waals surface area contributed by atoms with Crippen molar-refractivity contribution in [2.45, 2.75) is 31.4 Å². The number of hydrogen-bond acceptors (Lipinski definition) is 2. The zero-order valence-corrected chi connectivity index (χ0v) is 16.7. The maximum absolute atomic E-state index is 15.0. The lowest BCUT2D eigenvalue weighted by molar-refractivity contribution is -0.143. The van der Waals surface area contributed by atoms with Crippen molar-refractivity contribution in [1.29, 1.82) is 0 Å². The highest BCUT2D eigenvalue weighted by Crippen LogP contribution is 2.40. The van der Waals surface area contributed by atoms with Gasteiger partial charge in [0.1, 0.15) is 5.67 Å². The number of amides is 2. The van der Waals surface area contributed by atoms with Crippen LogP contribution in [0.5, 0.6) is 0 Å². The third-order valence-corrected chi connectivity index (χ3v) is 4.57. The summed E-state index contributed by atoms with van der Waals surface area (Å²) in [4.78, 5) is 24.0. The van der Waals surface area contributed by atoms with Gasteiger partial charge in [-0.05, 0) is 55.0 Å². The number of halogens is 8. The van der Waals surface area contributed by atoms with E-state index in [1.807, 2.05) is 5.32 Å². The third-order valence-electron chi connectivity index (χ3n) is 4.04. The number of imide groups is 1.